The van der Waals surface area contributed by atoms with Crippen molar-refractivity contribution >= 4 is 27.4 Å². The summed E-state index contributed by atoms with van der Waals surface area (Å²) < 4.78 is 0. The molecule has 1 N–H and O–H groups in total. The van der Waals surface area contributed by atoms with Crippen LogP contribution in [0.3, 0.4) is 0 Å². The van der Waals surface area contributed by atoms with Crippen LogP contribution in [0.4, 0.5) is 5.82 Å². The van der Waals surface area contributed by atoms with Crippen LogP contribution in [-0.4, -0.2) is 16.0 Å². The topological polar surface area (TPSA) is 37.8 Å². The minimum absolute atomic E-state index is 0.216. The first kappa shape index (κ1) is 11.3. The van der Waals surface area contributed by atoms with Gasteiger partial charge in [-0.15, -0.1) is 11.3 Å². The molecule has 2 rings (SSSR count). The van der Waals surface area contributed by atoms with Gasteiger partial charge in [0.1, 0.15) is 17.0 Å². The molecular formula is C12H17N3S. The molecule has 2 aromatic rings. The number of hydrogen-bond donors (Lipinski definition) is 1. The van der Waals surface area contributed by atoms with Gasteiger partial charge in [0.25, 0.3) is 0 Å². The van der Waals surface area contributed by atoms with E-state index in [4.69, 9.17) is 0 Å². The van der Waals surface area contributed by atoms with Crippen molar-refractivity contribution in [2.24, 2.45) is 5.41 Å². The molecule has 2 aromatic heterocycles. The number of rotatable bonds is 2. The first-order chi connectivity index (χ1) is 7.48. The molecule has 86 valence electrons. The lowest BCUT2D eigenvalue weighted by Gasteiger charge is -2.28. The third-order valence-corrected chi connectivity index (χ3v) is 3.73. The molecule has 1 atom stereocenters. The van der Waals surface area contributed by atoms with Gasteiger partial charge >= 0.3 is 0 Å². The number of aromatic nitrogens is 2. The Morgan fingerprint density at radius 2 is 2.06 bits per heavy atom. The fourth-order valence-electron chi connectivity index (χ4n) is 1.33. The molecule has 16 heavy (non-hydrogen) atoms. The average molecular weight is 235 g/mol. The van der Waals surface area contributed by atoms with Crippen LogP contribution in [0.25, 0.3) is 10.2 Å². The van der Waals surface area contributed by atoms with E-state index in [0.717, 1.165) is 16.0 Å². The fourth-order valence-corrected chi connectivity index (χ4v) is 2.06. The Morgan fingerprint density at radius 1 is 1.31 bits per heavy atom. The van der Waals surface area contributed by atoms with Crippen LogP contribution < -0.4 is 5.32 Å². The normalized spacial score (nSPS) is 14.0. The lowest BCUT2D eigenvalue weighted by atomic mass is 9.88. The highest BCUT2D eigenvalue weighted by atomic mass is 32.1. The Morgan fingerprint density at radius 3 is 2.75 bits per heavy atom. The summed E-state index contributed by atoms with van der Waals surface area (Å²) in [7, 11) is 0. The van der Waals surface area contributed by atoms with Gasteiger partial charge in [-0.3, -0.25) is 0 Å². The molecular weight excluding hydrogens is 218 g/mol. The highest BCUT2D eigenvalue weighted by Crippen LogP contribution is 2.27. The van der Waals surface area contributed by atoms with Crippen molar-refractivity contribution in [3.8, 4) is 0 Å². The maximum atomic E-state index is 4.32. The van der Waals surface area contributed by atoms with Crippen molar-refractivity contribution in [1.29, 1.82) is 0 Å². The van der Waals surface area contributed by atoms with Crippen LogP contribution in [0, 0.1) is 5.41 Å². The standard InChI is InChI=1S/C12H17N3S/c1-8(12(2,3)4)15-10-9-5-6-16-11(9)14-7-13-10/h5-8H,1-4H3,(H,13,14,15). The number of nitrogens with zero attached hydrogens (tertiary/aromatic N) is 2. The molecule has 0 aromatic carbocycles. The van der Waals surface area contributed by atoms with Crippen molar-refractivity contribution < 1.29 is 0 Å². The summed E-state index contributed by atoms with van der Waals surface area (Å²) in [5.41, 5.74) is 0.216. The van der Waals surface area contributed by atoms with Gasteiger partial charge in [-0.1, -0.05) is 20.8 Å². The second-order valence-corrected chi connectivity index (χ2v) is 5.99. The van der Waals surface area contributed by atoms with Crippen LogP contribution in [0.1, 0.15) is 27.7 Å². The van der Waals surface area contributed by atoms with Crippen molar-refractivity contribution in [3.05, 3.63) is 17.8 Å². The molecule has 0 bridgehead atoms. The van der Waals surface area contributed by atoms with Crippen molar-refractivity contribution in [2.75, 3.05) is 5.32 Å². The summed E-state index contributed by atoms with van der Waals surface area (Å²) in [5, 5.41) is 6.63. The predicted molar refractivity (Wildman–Crippen MR) is 70.0 cm³/mol. The summed E-state index contributed by atoms with van der Waals surface area (Å²) >= 11 is 1.64. The molecule has 0 radical (unpaired) electrons. The largest absolute Gasteiger partial charge is 0.366 e. The maximum Gasteiger partial charge on any atom is 0.138 e. The van der Waals surface area contributed by atoms with Crippen molar-refractivity contribution in [3.63, 3.8) is 0 Å². The Labute approximate surface area is 99.9 Å². The zero-order valence-corrected chi connectivity index (χ0v) is 10.9. The zero-order valence-electron chi connectivity index (χ0n) is 10.1. The predicted octanol–water partition coefficient (Wildman–Crippen LogP) is 3.54. The van der Waals surface area contributed by atoms with Gasteiger partial charge in [-0.05, 0) is 23.8 Å². The molecule has 0 spiro atoms. The quantitative estimate of drug-likeness (QED) is 0.865. The van der Waals surface area contributed by atoms with Gasteiger partial charge in [0.05, 0.1) is 5.39 Å². The molecule has 0 aliphatic rings. The van der Waals surface area contributed by atoms with E-state index in [0.29, 0.717) is 6.04 Å². The first-order valence-electron chi connectivity index (χ1n) is 5.43. The minimum atomic E-state index is 0.216. The van der Waals surface area contributed by atoms with E-state index in [1.54, 1.807) is 17.7 Å². The second kappa shape index (κ2) is 4.01. The second-order valence-electron chi connectivity index (χ2n) is 5.09. The third kappa shape index (κ3) is 2.16. The summed E-state index contributed by atoms with van der Waals surface area (Å²) in [4.78, 5) is 9.60. The summed E-state index contributed by atoms with van der Waals surface area (Å²) in [6.45, 7) is 8.84. The molecule has 3 nitrogen and oxygen atoms in total. The summed E-state index contributed by atoms with van der Waals surface area (Å²) in [6.07, 6.45) is 1.62. The first-order valence-corrected chi connectivity index (χ1v) is 6.31. The van der Waals surface area contributed by atoms with Crippen LogP contribution in [0.15, 0.2) is 17.8 Å². The van der Waals surface area contributed by atoms with Crippen LogP contribution in [0.2, 0.25) is 0 Å². The van der Waals surface area contributed by atoms with Gasteiger partial charge in [-0.2, -0.15) is 0 Å². The molecule has 0 fully saturated rings. The minimum Gasteiger partial charge on any atom is -0.366 e. The van der Waals surface area contributed by atoms with Crippen LogP contribution >= 0.6 is 11.3 Å². The smallest absolute Gasteiger partial charge is 0.138 e. The number of nitrogens with one attached hydrogen (secondary N) is 1. The molecule has 0 aliphatic heterocycles. The summed E-state index contributed by atoms with van der Waals surface area (Å²) in [5.74, 6) is 0.939. The van der Waals surface area contributed by atoms with E-state index in [-0.39, 0.29) is 5.41 Å². The third-order valence-electron chi connectivity index (χ3n) is 2.91. The van der Waals surface area contributed by atoms with E-state index in [1.165, 1.54) is 0 Å². The number of fused-ring (bicyclic) bond motifs is 1. The van der Waals surface area contributed by atoms with E-state index in [2.05, 4.69) is 49.0 Å². The van der Waals surface area contributed by atoms with Gasteiger partial charge in [-0.25, -0.2) is 9.97 Å². The molecule has 4 heteroatoms. The SMILES string of the molecule is CC(Nc1ncnc2sccc12)C(C)(C)C. The highest BCUT2D eigenvalue weighted by molar-refractivity contribution is 7.16. The van der Waals surface area contributed by atoms with E-state index < -0.39 is 0 Å². The molecule has 0 saturated carbocycles. The average Bonchev–Trinajstić information content (AvgIpc) is 2.65. The van der Waals surface area contributed by atoms with Crippen molar-refractivity contribution in [1.82, 2.24) is 9.97 Å². The lowest BCUT2D eigenvalue weighted by Crippen LogP contribution is -2.31. The van der Waals surface area contributed by atoms with Gasteiger partial charge in [0, 0.05) is 6.04 Å². The lowest BCUT2D eigenvalue weighted by molar-refractivity contribution is 0.359. The van der Waals surface area contributed by atoms with Crippen molar-refractivity contribution in [2.45, 2.75) is 33.7 Å². The molecule has 0 amide bonds. The molecule has 2 heterocycles. The van der Waals surface area contributed by atoms with E-state index in [1.807, 2.05) is 5.38 Å². The number of thiophene rings is 1. The molecule has 0 saturated heterocycles. The Balaban J connectivity index is 2.31. The van der Waals surface area contributed by atoms with E-state index in [9.17, 15) is 0 Å². The number of anilines is 1. The Kier molecular flexibility index (Phi) is 2.84. The van der Waals surface area contributed by atoms with E-state index >= 15 is 0 Å². The van der Waals surface area contributed by atoms with Gasteiger partial charge in [0.15, 0.2) is 0 Å². The highest BCUT2D eigenvalue weighted by Gasteiger charge is 2.20. The monoisotopic (exact) mass is 235 g/mol. The maximum absolute atomic E-state index is 4.32. The fraction of sp³-hybridized carbons (Fsp3) is 0.500. The number of hydrogen-bond acceptors (Lipinski definition) is 4. The van der Waals surface area contributed by atoms with Crippen LogP contribution in [0.5, 0.6) is 0 Å². The zero-order chi connectivity index (χ0) is 11.8. The van der Waals surface area contributed by atoms with Gasteiger partial charge in [0.2, 0.25) is 0 Å². The molecule has 0 aliphatic carbocycles. The Hall–Kier alpha value is -1.16. The van der Waals surface area contributed by atoms with Crippen LogP contribution in [-0.2, 0) is 0 Å². The Bertz CT molecular complexity index is 484. The molecule has 1 unspecified atom stereocenters. The summed E-state index contributed by atoms with van der Waals surface area (Å²) in [6, 6.07) is 2.43. The van der Waals surface area contributed by atoms with Gasteiger partial charge < -0.3 is 5.32 Å².